The predicted octanol–water partition coefficient (Wildman–Crippen LogP) is 25.8. The summed E-state index contributed by atoms with van der Waals surface area (Å²) in [5.74, 6) is 9.08. The maximum absolute atomic E-state index is 6.69. The summed E-state index contributed by atoms with van der Waals surface area (Å²) in [5, 5.41) is 0. The van der Waals surface area contributed by atoms with Gasteiger partial charge in [0.15, 0.2) is 0 Å². The van der Waals surface area contributed by atoms with Crippen molar-refractivity contribution < 1.29 is 4.74 Å². The van der Waals surface area contributed by atoms with E-state index >= 15 is 0 Å². The molecule has 0 aliphatic heterocycles. The Labute approximate surface area is 561 Å². The van der Waals surface area contributed by atoms with Crippen molar-refractivity contribution in [3.8, 4) is 146 Å². The van der Waals surface area contributed by atoms with Crippen molar-refractivity contribution in [3.63, 3.8) is 0 Å². The van der Waals surface area contributed by atoms with Crippen molar-refractivity contribution in [1.82, 2.24) is 0 Å². The molecular formula is C94H74O. The summed E-state index contributed by atoms with van der Waals surface area (Å²) < 4.78 is 6.69. The third-order valence-electron chi connectivity index (χ3n) is 18.0. The van der Waals surface area contributed by atoms with Crippen LogP contribution in [0.2, 0.25) is 0 Å². The molecule has 95 heavy (non-hydrogen) atoms. The SMILES string of the molecule is CC(C)(C)c1ccc(Oc2ccc(-c3c(-c4ccccc4)c(-c4ccccc4)c(-c4cc(C#Cc5ccccc5)cc(-c5c(-c6ccccc6)c(-c6ccccc6)c(C(C)(C)C)c(-c6ccccc6)c5-c5ccccc5)c4)c(-c4ccccc4)c3-c3ccccc3)cc2)cc1. The molecule has 0 spiro atoms. The minimum absolute atomic E-state index is 0.0246. The average molecular weight is 1220 g/mol. The molecule has 0 bridgehead atoms. The Balaban J connectivity index is 1.19. The second-order valence-electron chi connectivity index (χ2n) is 26.5. The van der Waals surface area contributed by atoms with Gasteiger partial charge >= 0.3 is 0 Å². The summed E-state index contributed by atoms with van der Waals surface area (Å²) >= 11 is 0. The first kappa shape index (κ1) is 61.0. The first-order valence-electron chi connectivity index (χ1n) is 33.0. The number of benzene rings is 14. The van der Waals surface area contributed by atoms with Gasteiger partial charge in [0.1, 0.15) is 11.5 Å². The zero-order chi connectivity index (χ0) is 64.9. The molecule has 0 amide bonds. The Bertz CT molecular complexity index is 4830. The minimum atomic E-state index is -0.347. The molecule has 0 heterocycles. The molecule has 0 atom stereocenters. The van der Waals surface area contributed by atoms with E-state index in [1.54, 1.807) is 0 Å². The molecule has 0 fully saturated rings. The van der Waals surface area contributed by atoms with Crippen LogP contribution in [-0.4, -0.2) is 0 Å². The van der Waals surface area contributed by atoms with Crippen LogP contribution in [0.1, 0.15) is 63.8 Å². The fraction of sp³-hybridized carbons (Fsp3) is 0.0851. The lowest BCUT2D eigenvalue weighted by atomic mass is 9.69. The summed E-state index contributed by atoms with van der Waals surface area (Å²) in [6, 6.07) is 123. The normalized spacial score (nSPS) is 11.4. The van der Waals surface area contributed by atoms with E-state index < -0.39 is 0 Å². The summed E-state index contributed by atoms with van der Waals surface area (Å²) in [6.45, 7) is 13.9. The van der Waals surface area contributed by atoms with Crippen molar-refractivity contribution in [2.45, 2.75) is 52.4 Å². The molecule has 0 saturated carbocycles. The van der Waals surface area contributed by atoms with Crippen molar-refractivity contribution in [2.75, 3.05) is 0 Å². The monoisotopic (exact) mass is 1220 g/mol. The first-order chi connectivity index (χ1) is 46.4. The fourth-order valence-electron chi connectivity index (χ4n) is 13.8. The highest BCUT2D eigenvalue weighted by molar-refractivity contribution is 6.16. The summed E-state index contributed by atoms with van der Waals surface area (Å²) in [6.07, 6.45) is 0. The van der Waals surface area contributed by atoms with Gasteiger partial charge in [0.25, 0.3) is 0 Å². The lowest BCUT2D eigenvalue weighted by molar-refractivity contribution is 0.481. The van der Waals surface area contributed by atoms with E-state index in [1.807, 2.05) is 0 Å². The third-order valence-corrected chi connectivity index (χ3v) is 18.0. The molecule has 456 valence electrons. The van der Waals surface area contributed by atoms with Crippen LogP contribution >= 0.6 is 0 Å². The fourth-order valence-corrected chi connectivity index (χ4v) is 13.8. The molecule has 0 radical (unpaired) electrons. The lowest BCUT2D eigenvalue weighted by Gasteiger charge is -2.34. The average Bonchev–Trinajstić information content (AvgIpc) is 0.721. The van der Waals surface area contributed by atoms with E-state index in [4.69, 9.17) is 4.74 Å². The predicted molar refractivity (Wildman–Crippen MR) is 403 cm³/mol. The highest BCUT2D eigenvalue weighted by Gasteiger charge is 2.35. The van der Waals surface area contributed by atoms with Gasteiger partial charge in [-0.05, 0) is 199 Å². The number of hydrogen-bond acceptors (Lipinski definition) is 1. The van der Waals surface area contributed by atoms with E-state index in [2.05, 4.69) is 393 Å². The van der Waals surface area contributed by atoms with Crippen molar-refractivity contribution in [1.29, 1.82) is 0 Å². The maximum Gasteiger partial charge on any atom is 0.127 e. The topological polar surface area (TPSA) is 9.23 Å². The van der Waals surface area contributed by atoms with Crippen molar-refractivity contribution in [3.05, 3.63) is 362 Å². The van der Waals surface area contributed by atoms with Gasteiger partial charge in [-0.25, -0.2) is 0 Å². The molecular weight excluding hydrogens is 1150 g/mol. The van der Waals surface area contributed by atoms with Crippen LogP contribution in [0.3, 0.4) is 0 Å². The minimum Gasteiger partial charge on any atom is -0.457 e. The van der Waals surface area contributed by atoms with Gasteiger partial charge in [-0.15, -0.1) is 0 Å². The Hall–Kier alpha value is -11.6. The van der Waals surface area contributed by atoms with E-state index in [0.29, 0.717) is 0 Å². The molecule has 0 aromatic heterocycles. The van der Waals surface area contributed by atoms with Gasteiger partial charge in [-0.1, -0.05) is 339 Å². The van der Waals surface area contributed by atoms with Crippen LogP contribution in [0.4, 0.5) is 0 Å². The Morgan fingerprint density at radius 1 is 0.200 bits per heavy atom. The van der Waals surface area contributed by atoms with Crippen LogP contribution in [0, 0.1) is 11.8 Å². The van der Waals surface area contributed by atoms with Gasteiger partial charge in [-0.2, -0.15) is 0 Å². The molecule has 0 N–H and O–H groups in total. The smallest absolute Gasteiger partial charge is 0.127 e. The van der Waals surface area contributed by atoms with Gasteiger partial charge in [0.2, 0.25) is 0 Å². The Morgan fingerprint density at radius 2 is 0.432 bits per heavy atom. The highest BCUT2D eigenvalue weighted by Crippen LogP contribution is 2.59. The van der Waals surface area contributed by atoms with Gasteiger partial charge in [0, 0.05) is 11.1 Å². The molecule has 1 nitrogen and oxygen atoms in total. The Morgan fingerprint density at radius 3 is 0.716 bits per heavy atom. The standard InChI is InChI=1S/C94H74O/c1-93(2,3)78-56-60-80(61-57-78)95-79-58-54-75(55-59-79)85-81(67-36-18-8-19-37-67)83(69-40-22-10-23-41-69)88(84(70-42-24-11-25-43-70)82(85)68-38-20-9-21-39-68)76-62-66(53-52-65-34-16-7-17-35-65)63-77(64-76)89-86(71-44-26-12-27-45-71)90(73-48-30-14-31-49-73)92(94(4,5)6)91(74-50-32-15-33-51-74)87(89)72-46-28-13-29-47-72/h7-51,54-64H,1-6H3. The Kier molecular flexibility index (Phi) is 17.1. The van der Waals surface area contributed by atoms with E-state index in [-0.39, 0.29) is 10.8 Å². The summed E-state index contributed by atoms with van der Waals surface area (Å²) in [4.78, 5) is 0. The van der Waals surface area contributed by atoms with Gasteiger partial charge in [-0.3, -0.25) is 0 Å². The quantitative estimate of drug-likeness (QED) is 0.105. The zero-order valence-corrected chi connectivity index (χ0v) is 54.7. The molecule has 1 heteroatoms. The van der Waals surface area contributed by atoms with Crippen molar-refractivity contribution >= 4 is 0 Å². The molecule has 0 unspecified atom stereocenters. The van der Waals surface area contributed by atoms with Crippen LogP contribution < -0.4 is 4.74 Å². The highest BCUT2D eigenvalue weighted by atomic mass is 16.5. The lowest BCUT2D eigenvalue weighted by Crippen LogP contribution is -2.17. The largest absolute Gasteiger partial charge is 0.457 e. The number of ether oxygens (including phenoxy) is 1. The first-order valence-corrected chi connectivity index (χ1v) is 33.0. The second-order valence-corrected chi connectivity index (χ2v) is 26.5. The van der Waals surface area contributed by atoms with Crippen LogP contribution in [0.15, 0.2) is 340 Å². The van der Waals surface area contributed by atoms with E-state index in [1.165, 1.54) is 22.3 Å². The van der Waals surface area contributed by atoms with Crippen LogP contribution in [0.5, 0.6) is 11.5 Å². The zero-order valence-electron chi connectivity index (χ0n) is 54.7. The second kappa shape index (κ2) is 26.6. The summed E-state index contributed by atoms with van der Waals surface area (Å²) in [5.41, 5.74) is 28.5. The third kappa shape index (κ3) is 12.6. The van der Waals surface area contributed by atoms with Crippen LogP contribution in [-0.2, 0) is 10.8 Å². The van der Waals surface area contributed by atoms with E-state index in [9.17, 15) is 0 Å². The van der Waals surface area contributed by atoms with Gasteiger partial charge < -0.3 is 4.74 Å². The molecule has 14 aromatic carbocycles. The summed E-state index contributed by atoms with van der Waals surface area (Å²) in [7, 11) is 0. The molecule has 0 aliphatic rings. The molecule has 14 rings (SSSR count). The molecule has 14 aromatic rings. The van der Waals surface area contributed by atoms with E-state index in [0.717, 1.165) is 134 Å². The molecule has 0 saturated heterocycles. The van der Waals surface area contributed by atoms with Crippen molar-refractivity contribution in [2.24, 2.45) is 0 Å². The number of hydrogen-bond donors (Lipinski definition) is 0. The van der Waals surface area contributed by atoms with Gasteiger partial charge in [0.05, 0.1) is 0 Å². The maximum atomic E-state index is 6.69. The number of rotatable bonds is 13. The van der Waals surface area contributed by atoms with Crippen LogP contribution in [0.25, 0.3) is 122 Å². The molecule has 0 aliphatic carbocycles.